The predicted octanol–water partition coefficient (Wildman–Crippen LogP) is 1.83. The van der Waals surface area contributed by atoms with Gasteiger partial charge in [0.05, 0.1) is 10.7 Å². The van der Waals surface area contributed by atoms with Gasteiger partial charge in [-0.25, -0.2) is 4.98 Å². The number of likely N-dealkylation sites (tertiary alicyclic amines) is 1. The number of nitrogens with two attached hydrogens (primary N) is 1. The SMILES string of the molecule is NC(=S)C1CCCN(Cc2cn3ccccc3n2)C1. The van der Waals surface area contributed by atoms with E-state index in [2.05, 4.69) is 20.5 Å². The van der Waals surface area contributed by atoms with E-state index in [4.69, 9.17) is 18.0 Å². The Bertz CT molecular complexity index is 559. The number of hydrogen-bond donors (Lipinski definition) is 1. The van der Waals surface area contributed by atoms with Gasteiger partial charge in [-0.3, -0.25) is 4.90 Å². The molecule has 100 valence electrons. The van der Waals surface area contributed by atoms with E-state index in [0.717, 1.165) is 43.8 Å². The molecule has 1 fully saturated rings. The lowest BCUT2D eigenvalue weighted by atomic mass is 9.98. The Labute approximate surface area is 118 Å². The van der Waals surface area contributed by atoms with Crippen LogP contribution in [0.1, 0.15) is 18.5 Å². The van der Waals surface area contributed by atoms with Crippen LogP contribution >= 0.6 is 12.2 Å². The Morgan fingerprint density at radius 2 is 2.37 bits per heavy atom. The monoisotopic (exact) mass is 274 g/mol. The quantitative estimate of drug-likeness (QED) is 0.868. The van der Waals surface area contributed by atoms with Crippen LogP contribution in [0.4, 0.5) is 0 Å². The van der Waals surface area contributed by atoms with Crippen LogP contribution in [0.2, 0.25) is 0 Å². The first kappa shape index (κ1) is 12.6. The van der Waals surface area contributed by atoms with Crippen molar-refractivity contribution >= 4 is 22.9 Å². The summed E-state index contributed by atoms with van der Waals surface area (Å²) in [6, 6.07) is 6.05. The third-order valence-electron chi connectivity index (χ3n) is 3.71. The van der Waals surface area contributed by atoms with Gasteiger partial charge in [0.25, 0.3) is 0 Å². The van der Waals surface area contributed by atoms with E-state index in [1.807, 2.05) is 24.4 Å². The molecule has 2 aromatic heterocycles. The van der Waals surface area contributed by atoms with Crippen LogP contribution in [-0.2, 0) is 6.54 Å². The Kier molecular flexibility index (Phi) is 3.48. The fraction of sp³-hybridized carbons (Fsp3) is 0.429. The van der Waals surface area contributed by atoms with Crippen molar-refractivity contribution in [1.82, 2.24) is 14.3 Å². The molecular formula is C14H18N4S. The number of rotatable bonds is 3. The molecule has 0 spiro atoms. The molecule has 1 aliphatic heterocycles. The van der Waals surface area contributed by atoms with E-state index < -0.39 is 0 Å². The summed E-state index contributed by atoms with van der Waals surface area (Å²) in [5.41, 5.74) is 7.88. The summed E-state index contributed by atoms with van der Waals surface area (Å²) >= 11 is 5.12. The van der Waals surface area contributed by atoms with Gasteiger partial charge < -0.3 is 10.1 Å². The van der Waals surface area contributed by atoms with Gasteiger partial charge in [0.1, 0.15) is 5.65 Å². The van der Waals surface area contributed by atoms with Crippen LogP contribution in [0, 0.1) is 5.92 Å². The standard InChI is InChI=1S/C14H18N4S/c15-14(19)11-4-3-6-17(8-11)9-12-10-18-7-2-1-5-13(18)16-12/h1-2,5,7,10-11H,3-4,6,8-9H2,(H2,15,19). The van der Waals surface area contributed by atoms with E-state index in [-0.39, 0.29) is 0 Å². The summed E-state index contributed by atoms with van der Waals surface area (Å²) in [6.07, 6.45) is 6.41. The maximum absolute atomic E-state index is 5.77. The highest BCUT2D eigenvalue weighted by atomic mass is 32.1. The fourth-order valence-corrected chi connectivity index (χ4v) is 2.92. The first-order chi connectivity index (χ1) is 9.22. The van der Waals surface area contributed by atoms with Crippen LogP contribution in [0.25, 0.3) is 5.65 Å². The molecular weight excluding hydrogens is 256 g/mol. The van der Waals surface area contributed by atoms with Gasteiger partial charge in [0.15, 0.2) is 0 Å². The predicted molar refractivity (Wildman–Crippen MR) is 80.0 cm³/mol. The topological polar surface area (TPSA) is 46.6 Å². The molecule has 1 unspecified atom stereocenters. The van der Waals surface area contributed by atoms with Gasteiger partial charge in [0, 0.05) is 31.4 Å². The molecule has 0 radical (unpaired) electrons. The summed E-state index contributed by atoms with van der Waals surface area (Å²) in [7, 11) is 0. The number of nitrogens with zero attached hydrogens (tertiary/aromatic N) is 3. The molecule has 3 heterocycles. The lowest BCUT2D eigenvalue weighted by Crippen LogP contribution is -2.40. The molecule has 4 nitrogen and oxygen atoms in total. The Morgan fingerprint density at radius 3 is 3.16 bits per heavy atom. The summed E-state index contributed by atoms with van der Waals surface area (Å²) < 4.78 is 2.06. The highest BCUT2D eigenvalue weighted by molar-refractivity contribution is 7.80. The summed E-state index contributed by atoms with van der Waals surface area (Å²) in [5.74, 6) is 0.362. The Hall–Kier alpha value is -1.46. The lowest BCUT2D eigenvalue weighted by Gasteiger charge is -2.31. The number of fused-ring (bicyclic) bond motifs is 1. The number of imidazole rings is 1. The summed E-state index contributed by atoms with van der Waals surface area (Å²) in [5, 5.41) is 0. The number of pyridine rings is 1. The van der Waals surface area contributed by atoms with E-state index in [1.165, 1.54) is 0 Å². The van der Waals surface area contributed by atoms with Gasteiger partial charge in [-0.05, 0) is 31.5 Å². The second-order valence-corrected chi connectivity index (χ2v) is 5.65. The van der Waals surface area contributed by atoms with Crippen molar-refractivity contribution in [3.8, 4) is 0 Å². The first-order valence-corrected chi connectivity index (χ1v) is 7.07. The van der Waals surface area contributed by atoms with Crippen molar-refractivity contribution in [1.29, 1.82) is 0 Å². The lowest BCUT2D eigenvalue weighted by molar-refractivity contribution is 0.195. The van der Waals surface area contributed by atoms with Crippen molar-refractivity contribution in [2.45, 2.75) is 19.4 Å². The van der Waals surface area contributed by atoms with Crippen molar-refractivity contribution in [3.05, 3.63) is 36.3 Å². The minimum Gasteiger partial charge on any atom is -0.393 e. The maximum Gasteiger partial charge on any atom is 0.137 e. The van der Waals surface area contributed by atoms with Crippen LogP contribution < -0.4 is 5.73 Å². The van der Waals surface area contributed by atoms with Crippen LogP contribution in [0.3, 0.4) is 0 Å². The zero-order chi connectivity index (χ0) is 13.2. The molecule has 0 aliphatic carbocycles. The average molecular weight is 274 g/mol. The second kappa shape index (κ2) is 5.27. The number of aromatic nitrogens is 2. The first-order valence-electron chi connectivity index (χ1n) is 6.66. The molecule has 1 aliphatic rings. The molecule has 0 bridgehead atoms. The molecule has 3 rings (SSSR count). The molecule has 0 saturated carbocycles. The Balaban J connectivity index is 1.72. The van der Waals surface area contributed by atoms with Gasteiger partial charge in [-0.15, -0.1) is 0 Å². The molecule has 19 heavy (non-hydrogen) atoms. The van der Waals surface area contributed by atoms with Gasteiger partial charge >= 0.3 is 0 Å². The third kappa shape index (κ3) is 2.77. The van der Waals surface area contributed by atoms with Crippen molar-refractivity contribution < 1.29 is 0 Å². The number of thiocarbonyl (C=S) groups is 1. The number of piperidine rings is 1. The fourth-order valence-electron chi connectivity index (χ4n) is 2.72. The molecule has 5 heteroatoms. The molecule has 1 saturated heterocycles. The normalized spacial score (nSPS) is 20.7. The highest BCUT2D eigenvalue weighted by Crippen LogP contribution is 2.18. The summed E-state index contributed by atoms with van der Waals surface area (Å²) in [6.45, 7) is 2.94. The van der Waals surface area contributed by atoms with E-state index in [0.29, 0.717) is 10.9 Å². The summed E-state index contributed by atoms with van der Waals surface area (Å²) in [4.78, 5) is 7.68. The zero-order valence-corrected chi connectivity index (χ0v) is 11.6. The van der Waals surface area contributed by atoms with Crippen molar-refractivity contribution in [2.75, 3.05) is 13.1 Å². The number of hydrogen-bond acceptors (Lipinski definition) is 3. The second-order valence-electron chi connectivity index (χ2n) is 5.17. The zero-order valence-electron chi connectivity index (χ0n) is 10.8. The molecule has 1 atom stereocenters. The smallest absolute Gasteiger partial charge is 0.137 e. The van der Waals surface area contributed by atoms with E-state index in [9.17, 15) is 0 Å². The van der Waals surface area contributed by atoms with Gasteiger partial charge in [-0.2, -0.15) is 0 Å². The molecule has 2 aromatic rings. The van der Waals surface area contributed by atoms with Crippen LogP contribution in [0.15, 0.2) is 30.6 Å². The minimum atomic E-state index is 0.362. The minimum absolute atomic E-state index is 0.362. The van der Waals surface area contributed by atoms with E-state index in [1.54, 1.807) is 0 Å². The third-order valence-corrected chi connectivity index (χ3v) is 4.04. The molecule has 0 amide bonds. The van der Waals surface area contributed by atoms with Crippen LogP contribution in [-0.4, -0.2) is 32.4 Å². The molecule has 0 aromatic carbocycles. The maximum atomic E-state index is 5.77. The Morgan fingerprint density at radius 1 is 1.47 bits per heavy atom. The van der Waals surface area contributed by atoms with Crippen LogP contribution in [0.5, 0.6) is 0 Å². The van der Waals surface area contributed by atoms with Crippen molar-refractivity contribution in [3.63, 3.8) is 0 Å². The molecule has 2 N–H and O–H groups in total. The van der Waals surface area contributed by atoms with E-state index >= 15 is 0 Å². The van der Waals surface area contributed by atoms with Gasteiger partial charge in [-0.1, -0.05) is 18.3 Å². The largest absolute Gasteiger partial charge is 0.393 e. The van der Waals surface area contributed by atoms with Crippen molar-refractivity contribution in [2.24, 2.45) is 11.7 Å². The highest BCUT2D eigenvalue weighted by Gasteiger charge is 2.22. The van der Waals surface area contributed by atoms with Gasteiger partial charge in [0.2, 0.25) is 0 Å². The average Bonchev–Trinajstić information content (AvgIpc) is 2.81.